The number of nitrogens with one attached hydrogen (secondary N) is 1. The molecule has 0 radical (unpaired) electrons. The first-order chi connectivity index (χ1) is 15.4. The monoisotopic (exact) mass is 533 g/mol. The fourth-order valence-corrected chi connectivity index (χ4v) is 3.66. The summed E-state index contributed by atoms with van der Waals surface area (Å²) in [5.74, 6) is 0.202. The Labute approximate surface area is 201 Å². The Balaban J connectivity index is 1.73. The van der Waals surface area contributed by atoms with Gasteiger partial charge in [-0.25, -0.2) is 0 Å². The Morgan fingerprint density at radius 1 is 1.06 bits per heavy atom. The number of carbonyl (C=O) groups is 1. The van der Waals surface area contributed by atoms with Gasteiger partial charge in [0, 0.05) is 11.3 Å². The number of anilines is 1. The molecule has 0 aromatic heterocycles. The first-order valence-electron chi connectivity index (χ1n) is 9.82. The third-order valence-corrected chi connectivity index (χ3v) is 5.76. The van der Waals surface area contributed by atoms with Crippen molar-refractivity contribution in [2.24, 2.45) is 0 Å². The fraction of sp³-hybridized carbons (Fsp3) is 0.115. The SMILES string of the molecule is Cc1ccc(NC(=O)/C(C#N)=C/c2ccc(OCc3ccccc3C#N)c(I)c2)cc1C. The topological polar surface area (TPSA) is 85.9 Å². The van der Waals surface area contributed by atoms with E-state index in [9.17, 15) is 15.3 Å². The summed E-state index contributed by atoms with van der Waals surface area (Å²) in [5.41, 5.74) is 4.96. The number of rotatable bonds is 6. The van der Waals surface area contributed by atoms with Gasteiger partial charge in [0.1, 0.15) is 24.0 Å². The van der Waals surface area contributed by atoms with Gasteiger partial charge in [-0.2, -0.15) is 10.5 Å². The summed E-state index contributed by atoms with van der Waals surface area (Å²) in [4.78, 5) is 12.6. The lowest BCUT2D eigenvalue weighted by Gasteiger charge is -2.10. The minimum absolute atomic E-state index is 0.00986. The number of benzene rings is 3. The van der Waals surface area contributed by atoms with Crippen LogP contribution in [0.25, 0.3) is 6.08 Å². The van der Waals surface area contributed by atoms with Gasteiger partial charge in [-0.15, -0.1) is 0 Å². The lowest BCUT2D eigenvalue weighted by molar-refractivity contribution is -0.112. The normalized spacial score (nSPS) is 10.7. The fourth-order valence-electron chi connectivity index (χ4n) is 2.97. The molecule has 0 spiro atoms. The Hall–Kier alpha value is -3.62. The van der Waals surface area contributed by atoms with Crippen molar-refractivity contribution in [1.82, 2.24) is 0 Å². The molecule has 3 rings (SSSR count). The predicted molar refractivity (Wildman–Crippen MR) is 133 cm³/mol. The summed E-state index contributed by atoms with van der Waals surface area (Å²) in [7, 11) is 0. The molecule has 0 bridgehead atoms. The molecular weight excluding hydrogens is 513 g/mol. The first-order valence-corrected chi connectivity index (χ1v) is 10.9. The highest BCUT2D eigenvalue weighted by Crippen LogP contribution is 2.25. The van der Waals surface area contributed by atoms with Crippen molar-refractivity contribution < 1.29 is 9.53 Å². The largest absolute Gasteiger partial charge is 0.488 e. The van der Waals surface area contributed by atoms with Crippen LogP contribution in [-0.4, -0.2) is 5.91 Å². The van der Waals surface area contributed by atoms with Crippen molar-refractivity contribution in [3.63, 3.8) is 0 Å². The molecule has 1 amide bonds. The van der Waals surface area contributed by atoms with E-state index in [1.54, 1.807) is 24.3 Å². The molecule has 0 fully saturated rings. The molecule has 0 saturated carbocycles. The number of hydrogen-bond donors (Lipinski definition) is 1. The lowest BCUT2D eigenvalue weighted by atomic mass is 10.1. The van der Waals surface area contributed by atoms with E-state index in [4.69, 9.17) is 4.74 Å². The molecule has 0 aliphatic rings. The van der Waals surface area contributed by atoms with Gasteiger partial charge in [-0.3, -0.25) is 4.79 Å². The molecule has 6 heteroatoms. The second-order valence-corrected chi connectivity index (χ2v) is 8.33. The third-order valence-electron chi connectivity index (χ3n) is 4.92. The van der Waals surface area contributed by atoms with E-state index in [-0.39, 0.29) is 12.2 Å². The molecule has 0 aliphatic heterocycles. The molecule has 0 atom stereocenters. The highest BCUT2D eigenvalue weighted by molar-refractivity contribution is 14.1. The van der Waals surface area contributed by atoms with Gasteiger partial charge in [0.2, 0.25) is 0 Å². The number of nitriles is 2. The van der Waals surface area contributed by atoms with E-state index in [1.165, 1.54) is 0 Å². The zero-order chi connectivity index (χ0) is 23.1. The van der Waals surface area contributed by atoms with E-state index in [0.29, 0.717) is 22.6 Å². The third kappa shape index (κ3) is 5.75. The van der Waals surface area contributed by atoms with Gasteiger partial charge in [0.15, 0.2) is 0 Å². The molecule has 0 unspecified atom stereocenters. The Morgan fingerprint density at radius 2 is 1.84 bits per heavy atom. The highest BCUT2D eigenvalue weighted by atomic mass is 127. The summed E-state index contributed by atoms with van der Waals surface area (Å²) in [6, 6.07) is 22.5. The van der Waals surface area contributed by atoms with E-state index in [1.807, 2.05) is 62.4 Å². The van der Waals surface area contributed by atoms with E-state index in [2.05, 4.69) is 34.0 Å². The summed E-state index contributed by atoms with van der Waals surface area (Å²) < 4.78 is 6.71. The van der Waals surface area contributed by atoms with Crippen molar-refractivity contribution in [2.45, 2.75) is 20.5 Å². The Kier molecular flexibility index (Phi) is 7.64. The standard InChI is InChI=1S/C26H20IN3O2/c1-17-7-9-23(11-18(17)2)30-26(31)22(15-29)12-19-8-10-25(24(27)13-19)32-16-21-6-4-3-5-20(21)14-28/h3-13H,16H2,1-2H3,(H,30,31)/b22-12+. The van der Waals surface area contributed by atoms with E-state index in [0.717, 1.165) is 20.3 Å². The van der Waals surface area contributed by atoms with Gasteiger partial charge in [0.05, 0.1) is 15.2 Å². The average Bonchev–Trinajstić information content (AvgIpc) is 2.79. The van der Waals surface area contributed by atoms with Crippen LogP contribution in [-0.2, 0) is 11.4 Å². The van der Waals surface area contributed by atoms with Crippen LogP contribution >= 0.6 is 22.6 Å². The summed E-state index contributed by atoms with van der Waals surface area (Å²) in [6.07, 6.45) is 1.55. The van der Waals surface area contributed by atoms with Crippen LogP contribution in [0.2, 0.25) is 0 Å². The van der Waals surface area contributed by atoms with Crippen LogP contribution in [0, 0.1) is 40.1 Å². The zero-order valence-corrected chi connectivity index (χ0v) is 19.8. The van der Waals surface area contributed by atoms with E-state index < -0.39 is 5.91 Å². The van der Waals surface area contributed by atoms with Crippen molar-refractivity contribution in [3.8, 4) is 17.9 Å². The first kappa shape index (κ1) is 23.1. The summed E-state index contributed by atoms with van der Waals surface area (Å²) >= 11 is 2.15. The number of nitrogens with zero attached hydrogens (tertiary/aromatic N) is 2. The molecule has 3 aromatic carbocycles. The number of amides is 1. The molecule has 0 aliphatic carbocycles. The molecular formula is C26H20IN3O2. The van der Waals surface area contributed by atoms with Crippen LogP contribution in [0.1, 0.15) is 27.8 Å². The van der Waals surface area contributed by atoms with Gasteiger partial charge >= 0.3 is 0 Å². The maximum absolute atomic E-state index is 12.6. The van der Waals surface area contributed by atoms with Crippen molar-refractivity contribution in [2.75, 3.05) is 5.32 Å². The van der Waals surface area contributed by atoms with Gasteiger partial charge in [-0.05, 0) is 89.5 Å². The molecule has 1 N–H and O–H groups in total. The lowest BCUT2D eigenvalue weighted by Crippen LogP contribution is -2.13. The maximum Gasteiger partial charge on any atom is 0.266 e. The van der Waals surface area contributed by atoms with Gasteiger partial charge in [-0.1, -0.05) is 30.3 Å². The smallest absolute Gasteiger partial charge is 0.266 e. The quantitative estimate of drug-likeness (QED) is 0.243. The second kappa shape index (κ2) is 10.6. The van der Waals surface area contributed by atoms with Crippen molar-refractivity contribution in [1.29, 1.82) is 10.5 Å². The zero-order valence-electron chi connectivity index (χ0n) is 17.6. The van der Waals surface area contributed by atoms with E-state index >= 15 is 0 Å². The molecule has 32 heavy (non-hydrogen) atoms. The minimum atomic E-state index is -0.459. The highest BCUT2D eigenvalue weighted by Gasteiger charge is 2.11. The number of ether oxygens (including phenoxy) is 1. The minimum Gasteiger partial charge on any atom is -0.488 e. The predicted octanol–water partition coefficient (Wildman–Crippen LogP) is 5.90. The number of halogens is 1. The van der Waals surface area contributed by atoms with Crippen LogP contribution < -0.4 is 10.1 Å². The molecule has 158 valence electrons. The van der Waals surface area contributed by atoms with Crippen LogP contribution in [0.5, 0.6) is 5.75 Å². The Morgan fingerprint density at radius 3 is 2.53 bits per heavy atom. The summed E-state index contributed by atoms with van der Waals surface area (Å²) in [6.45, 7) is 4.24. The molecule has 3 aromatic rings. The molecule has 0 saturated heterocycles. The summed E-state index contributed by atoms with van der Waals surface area (Å²) in [5, 5.41) is 21.5. The van der Waals surface area contributed by atoms with Crippen molar-refractivity contribution in [3.05, 3.63) is 97.6 Å². The van der Waals surface area contributed by atoms with Crippen LogP contribution in [0.4, 0.5) is 5.69 Å². The van der Waals surface area contributed by atoms with Crippen LogP contribution in [0.3, 0.4) is 0 Å². The average molecular weight is 533 g/mol. The van der Waals surface area contributed by atoms with Gasteiger partial charge < -0.3 is 10.1 Å². The molecule has 5 nitrogen and oxygen atoms in total. The Bertz CT molecular complexity index is 1280. The number of hydrogen-bond acceptors (Lipinski definition) is 4. The van der Waals surface area contributed by atoms with Gasteiger partial charge in [0.25, 0.3) is 5.91 Å². The van der Waals surface area contributed by atoms with Crippen LogP contribution in [0.15, 0.2) is 66.2 Å². The number of carbonyl (C=O) groups excluding carboxylic acids is 1. The molecule has 0 heterocycles. The number of aryl methyl sites for hydroxylation is 2. The maximum atomic E-state index is 12.6. The second-order valence-electron chi connectivity index (χ2n) is 7.17. The van der Waals surface area contributed by atoms with Crippen molar-refractivity contribution >= 4 is 40.3 Å².